The van der Waals surface area contributed by atoms with Crippen molar-refractivity contribution in [3.8, 4) is 0 Å². The number of rotatable bonds is 47. The number of hydrogen-bond donors (Lipinski definition) is 5. The molecule has 5 N–H and O–H groups in total. The molecule has 0 saturated carbocycles. The van der Waals surface area contributed by atoms with E-state index in [0.717, 1.165) is 88.1 Å². The average molecular weight is 1360 g/mol. The van der Waals surface area contributed by atoms with Crippen molar-refractivity contribution >= 4 is 80.8 Å². The highest BCUT2D eigenvalue weighted by molar-refractivity contribution is 6.01. The highest BCUT2D eigenvalue weighted by atomic mass is 16.2. The molecule has 3 aromatic rings. The minimum absolute atomic E-state index is 0.000615. The topological polar surface area (TPSA) is 278 Å². The molecule has 5 rings (SSSR count). The van der Waals surface area contributed by atoms with Crippen molar-refractivity contribution in [2.45, 2.75) is 234 Å². The van der Waals surface area contributed by atoms with Gasteiger partial charge >= 0.3 is 0 Å². The van der Waals surface area contributed by atoms with Crippen molar-refractivity contribution in [3.63, 3.8) is 0 Å². The van der Waals surface area contributed by atoms with Crippen LogP contribution in [-0.4, -0.2) is 172 Å². The van der Waals surface area contributed by atoms with Crippen LogP contribution in [0.15, 0.2) is 78.5 Å². The maximum absolute atomic E-state index is 14.5. The first-order valence-corrected chi connectivity index (χ1v) is 36.2. The van der Waals surface area contributed by atoms with E-state index in [2.05, 4.69) is 68.6 Å². The Bertz CT molecular complexity index is 3250. The van der Waals surface area contributed by atoms with Gasteiger partial charge in [-0.25, -0.2) is 0 Å². The number of unbranched alkanes of at least 4 members (excludes halogenated alkanes) is 1. The number of aromatic nitrogens is 1. The number of aromatic amines is 1. The molecule has 3 unspecified atom stereocenters. The summed E-state index contributed by atoms with van der Waals surface area (Å²) in [6.45, 7) is 28.4. The van der Waals surface area contributed by atoms with Gasteiger partial charge in [0.25, 0.3) is 0 Å². The van der Waals surface area contributed by atoms with Crippen LogP contribution in [0.2, 0.25) is 0 Å². The lowest BCUT2D eigenvalue weighted by atomic mass is 9.87. The van der Waals surface area contributed by atoms with E-state index in [0.29, 0.717) is 42.4 Å². The Kier molecular flexibility index (Phi) is 34.2. The SMILES string of the molecule is CCCCC(CC(=O)[C@H](CC(C)C)NC(=O)C(CC1=CCC=C1)NC(=O)CCC(=O)[C@@H](NC(=O)CCC(=O)[C@H](Cc1c[nH]c2ccccc12)NC(=O)C(CCC(C)=O)CC(=O)c1ccc(CC(=O)CCC(=O)CCC2(N(CC)CC)CN(CC)CCN(CC)C2)cc1)C(C)C)C(C)=O. The minimum Gasteiger partial charge on any atom is -0.361 e. The summed E-state index contributed by atoms with van der Waals surface area (Å²) in [4.78, 5) is 174. The van der Waals surface area contributed by atoms with Crippen LogP contribution in [0.4, 0.5) is 0 Å². The molecule has 2 heterocycles. The van der Waals surface area contributed by atoms with Gasteiger partial charge in [-0.05, 0) is 107 Å². The van der Waals surface area contributed by atoms with Gasteiger partial charge in [-0.2, -0.15) is 0 Å². The van der Waals surface area contributed by atoms with Crippen LogP contribution >= 0.6 is 0 Å². The van der Waals surface area contributed by atoms with Gasteiger partial charge in [-0.15, -0.1) is 0 Å². The van der Waals surface area contributed by atoms with Gasteiger partial charge in [0.15, 0.2) is 23.1 Å². The second kappa shape index (κ2) is 41.2. The molecular weight excluding hydrogens is 1240 g/mol. The van der Waals surface area contributed by atoms with Gasteiger partial charge in [0.1, 0.15) is 29.2 Å². The van der Waals surface area contributed by atoms with Crippen LogP contribution < -0.4 is 21.3 Å². The molecule has 0 bridgehead atoms. The number of benzene rings is 2. The molecule has 1 aromatic heterocycles. The fourth-order valence-corrected chi connectivity index (χ4v) is 13.6. The van der Waals surface area contributed by atoms with E-state index in [1.807, 2.05) is 63.3 Å². The number of Topliss-reactive ketones (excluding diaryl/α,β-unsaturated/α-hetero) is 8. The van der Waals surface area contributed by atoms with Gasteiger partial charge in [0, 0.05) is 150 Å². The number of hydrogen-bond acceptors (Lipinski definition) is 15. The summed E-state index contributed by atoms with van der Waals surface area (Å²) in [7, 11) is 0. The number of para-hydroxylation sites is 1. The average Bonchev–Trinajstić information content (AvgIpc) is 1.58. The molecule has 2 aromatic carbocycles. The van der Waals surface area contributed by atoms with E-state index in [-0.39, 0.29) is 130 Å². The summed E-state index contributed by atoms with van der Waals surface area (Å²) in [6, 6.07) is 9.84. The first-order chi connectivity index (χ1) is 46.7. The third-order valence-electron chi connectivity index (χ3n) is 19.6. The number of allylic oxidation sites excluding steroid dienone is 3. The van der Waals surface area contributed by atoms with E-state index in [1.54, 1.807) is 44.3 Å². The number of nitrogens with zero attached hydrogens (tertiary/aromatic N) is 3. The van der Waals surface area contributed by atoms with E-state index in [9.17, 15) is 57.5 Å². The largest absolute Gasteiger partial charge is 0.361 e. The molecule has 0 spiro atoms. The molecule has 0 radical (unpaired) electrons. The maximum Gasteiger partial charge on any atom is 0.243 e. The predicted molar refractivity (Wildman–Crippen MR) is 383 cm³/mol. The normalized spacial score (nSPS) is 16.0. The highest BCUT2D eigenvalue weighted by Gasteiger charge is 2.41. The molecule has 1 aliphatic heterocycles. The Labute approximate surface area is 582 Å². The summed E-state index contributed by atoms with van der Waals surface area (Å²) in [5.74, 6) is -6.16. The minimum atomic E-state index is -1.18. The molecule has 98 heavy (non-hydrogen) atoms. The molecule has 2 aliphatic rings. The molecule has 4 amide bonds. The second-order valence-corrected chi connectivity index (χ2v) is 28.0. The van der Waals surface area contributed by atoms with Crippen LogP contribution in [0.1, 0.15) is 213 Å². The van der Waals surface area contributed by atoms with Crippen LogP contribution in [0, 0.1) is 23.7 Å². The van der Waals surface area contributed by atoms with Crippen molar-refractivity contribution in [1.29, 1.82) is 0 Å². The number of likely N-dealkylation sites (N-methyl/N-ethyl adjacent to an activating group) is 3. The Morgan fingerprint density at radius 2 is 1.24 bits per heavy atom. The number of fused-ring (bicyclic) bond motifs is 1. The lowest BCUT2D eigenvalue weighted by molar-refractivity contribution is -0.133. The Morgan fingerprint density at radius 3 is 1.84 bits per heavy atom. The second-order valence-electron chi connectivity index (χ2n) is 28.0. The predicted octanol–water partition coefficient (Wildman–Crippen LogP) is 9.92. The smallest absolute Gasteiger partial charge is 0.243 e. The van der Waals surface area contributed by atoms with E-state index in [1.165, 1.54) is 13.8 Å². The number of ketones is 8. The summed E-state index contributed by atoms with van der Waals surface area (Å²) in [5, 5.41) is 12.1. The van der Waals surface area contributed by atoms with Crippen LogP contribution in [0.3, 0.4) is 0 Å². The van der Waals surface area contributed by atoms with E-state index >= 15 is 0 Å². The van der Waals surface area contributed by atoms with Crippen LogP contribution in [0.25, 0.3) is 10.9 Å². The quantitative estimate of drug-likeness (QED) is 0.0329. The fourth-order valence-electron chi connectivity index (χ4n) is 13.6. The molecule has 20 nitrogen and oxygen atoms in total. The third kappa shape index (κ3) is 26.3. The van der Waals surface area contributed by atoms with E-state index in [4.69, 9.17) is 0 Å². The third-order valence-corrected chi connectivity index (χ3v) is 19.6. The lowest BCUT2D eigenvalue weighted by Crippen LogP contribution is -2.59. The maximum atomic E-state index is 14.5. The zero-order valence-electron chi connectivity index (χ0n) is 60.6. The highest BCUT2D eigenvalue weighted by Crippen LogP contribution is 2.29. The lowest BCUT2D eigenvalue weighted by Gasteiger charge is -2.46. The Balaban J connectivity index is 1.20. The Hall–Kier alpha value is -7.42. The molecule has 1 fully saturated rings. The van der Waals surface area contributed by atoms with Crippen molar-refractivity contribution in [2.75, 3.05) is 52.4 Å². The number of nitrogens with one attached hydrogen (secondary N) is 5. The van der Waals surface area contributed by atoms with Gasteiger partial charge < -0.3 is 40.8 Å². The van der Waals surface area contributed by atoms with Gasteiger partial charge in [0.2, 0.25) is 23.6 Å². The first-order valence-electron chi connectivity index (χ1n) is 36.2. The number of carbonyl (C=O) groups is 12. The zero-order chi connectivity index (χ0) is 72.1. The molecule has 1 aliphatic carbocycles. The van der Waals surface area contributed by atoms with Crippen molar-refractivity contribution in [1.82, 2.24) is 41.0 Å². The van der Waals surface area contributed by atoms with E-state index < -0.39 is 77.1 Å². The van der Waals surface area contributed by atoms with Crippen LogP contribution in [0.5, 0.6) is 0 Å². The fraction of sp³-hybridized carbons (Fsp3) is 0.615. The van der Waals surface area contributed by atoms with Crippen molar-refractivity contribution in [2.24, 2.45) is 23.7 Å². The number of carbonyl (C=O) groups excluding carboxylic acids is 12. The number of amides is 4. The molecule has 20 heteroatoms. The monoisotopic (exact) mass is 1350 g/mol. The summed E-state index contributed by atoms with van der Waals surface area (Å²) in [6.07, 6.45) is 10.7. The van der Waals surface area contributed by atoms with Gasteiger partial charge in [-0.3, -0.25) is 57.6 Å². The summed E-state index contributed by atoms with van der Waals surface area (Å²) in [5.41, 5.74) is 3.11. The molecule has 6 atom stereocenters. The molecule has 538 valence electrons. The van der Waals surface area contributed by atoms with Crippen LogP contribution in [-0.2, 0) is 65.6 Å². The van der Waals surface area contributed by atoms with Gasteiger partial charge in [-0.1, -0.05) is 136 Å². The summed E-state index contributed by atoms with van der Waals surface area (Å²) >= 11 is 0. The molecular formula is C78H114N8O12. The number of H-pyrrole nitrogens is 1. The van der Waals surface area contributed by atoms with Crippen molar-refractivity contribution < 1.29 is 57.5 Å². The van der Waals surface area contributed by atoms with Gasteiger partial charge in [0.05, 0.1) is 18.1 Å². The van der Waals surface area contributed by atoms with Crippen molar-refractivity contribution in [3.05, 3.63) is 95.2 Å². The Morgan fingerprint density at radius 1 is 0.612 bits per heavy atom. The standard InChI is InChI=1S/C78H114N8O12/c1-12-17-24-59(55(11)88)47-72(94)66(43-52(6)7)82-77(98)68(45-56-22-18-19-23-56)80-73(95)38-36-70(92)75(53(8)9)83-74(96)37-35-69(91)67(46-61-49-79-65-26-21-20-25-64(61)65)81-76(97)60(30-27-54(10)87)48-71(93)58-31-28-57(29-32-58)44-63(90)34-33-62(89)39-40-78(86(15-4)16-5)50-84(13-2)41-42-85(14-3)51-78/h18,20-23,25-26,28-29,31-32,49,52-53,59-60,66-68,75,79H,12-17,19,24,27,30,33-48,50-51H2,1-11H3,(H,80,95)(H,81,97)(H,82,98)(H,83,96)/t59?,60?,66-,67-,68?,75-/m0/s1. The zero-order valence-corrected chi connectivity index (χ0v) is 60.6. The molecule has 1 saturated heterocycles. The summed E-state index contributed by atoms with van der Waals surface area (Å²) < 4.78 is 0. The first kappa shape index (κ1) is 81.3.